The highest BCUT2D eigenvalue weighted by atomic mass is 16.5. The van der Waals surface area contributed by atoms with Gasteiger partial charge in [-0.05, 0) is 12.1 Å². The number of rotatable bonds is 0. The fourth-order valence-electron chi connectivity index (χ4n) is 3.15. The average molecular weight is 283 g/mol. The molecule has 1 aliphatic heterocycles. The lowest BCUT2D eigenvalue weighted by molar-refractivity contribution is 0.486. The number of H-pyrrole nitrogens is 1. The molecular formula is C20H13NO. The van der Waals surface area contributed by atoms with Crippen molar-refractivity contribution in [1.82, 2.24) is 4.98 Å². The van der Waals surface area contributed by atoms with Gasteiger partial charge in [0.05, 0.1) is 5.52 Å². The SMILES string of the molecule is C1=Cc2ccc3c([nH]c4ccccc43)c2Oc2ccccc21. The van der Waals surface area contributed by atoms with E-state index >= 15 is 0 Å². The number of nitrogens with one attached hydrogen (secondary N) is 1. The number of aromatic nitrogens is 1. The summed E-state index contributed by atoms with van der Waals surface area (Å²) in [5.41, 5.74) is 4.38. The molecule has 0 saturated heterocycles. The molecule has 0 amide bonds. The van der Waals surface area contributed by atoms with Crippen LogP contribution in [0.1, 0.15) is 11.1 Å². The Morgan fingerprint density at radius 3 is 2.50 bits per heavy atom. The fraction of sp³-hybridized carbons (Fsp3) is 0. The monoisotopic (exact) mass is 283 g/mol. The van der Waals surface area contributed by atoms with Crippen molar-refractivity contribution in [2.45, 2.75) is 0 Å². The molecule has 0 spiro atoms. The number of hydrogen-bond acceptors (Lipinski definition) is 1. The van der Waals surface area contributed by atoms with E-state index in [1.54, 1.807) is 0 Å². The van der Waals surface area contributed by atoms with Crippen molar-refractivity contribution in [1.29, 1.82) is 0 Å². The van der Waals surface area contributed by atoms with Crippen LogP contribution in [0.3, 0.4) is 0 Å². The zero-order valence-electron chi connectivity index (χ0n) is 11.8. The first-order valence-electron chi connectivity index (χ1n) is 7.38. The molecule has 0 atom stereocenters. The Balaban J connectivity index is 1.86. The van der Waals surface area contributed by atoms with Crippen molar-refractivity contribution < 1.29 is 4.74 Å². The van der Waals surface area contributed by atoms with E-state index in [9.17, 15) is 0 Å². The minimum absolute atomic E-state index is 0.892. The molecule has 3 aromatic carbocycles. The molecule has 4 aromatic rings. The number of aromatic amines is 1. The minimum atomic E-state index is 0.892. The molecule has 1 aliphatic rings. The average Bonchev–Trinajstić information content (AvgIpc) is 2.83. The predicted octanol–water partition coefficient (Wildman–Crippen LogP) is 5.60. The van der Waals surface area contributed by atoms with Crippen molar-refractivity contribution >= 4 is 34.0 Å². The maximum Gasteiger partial charge on any atom is 0.158 e. The standard InChI is InChI=1S/C20H13NO/c1-4-8-18-13(5-1)9-10-14-11-12-16-15-6-2-3-7-17(15)21-19(16)20(14)22-18/h1-12,21H. The molecule has 0 saturated carbocycles. The molecule has 22 heavy (non-hydrogen) atoms. The van der Waals surface area contributed by atoms with Gasteiger partial charge in [0, 0.05) is 27.4 Å². The van der Waals surface area contributed by atoms with E-state index in [0.29, 0.717) is 0 Å². The molecule has 1 N–H and O–H groups in total. The van der Waals surface area contributed by atoms with Crippen LogP contribution in [-0.4, -0.2) is 4.98 Å². The van der Waals surface area contributed by atoms with Crippen molar-refractivity contribution in [2.24, 2.45) is 0 Å². The van der Waals surface area contributed by atoms with Crippen LogP contribution in [0.15, 0.2) is 60.7 Å². The second-order valence-electron chi connectivity index (χ2n) is 5.55. The Morgan fingerprint density at radius 2 is 1.50 bits per heavy atom. The highest BCUT2D eigenvalue weighted by Gasteiger charge is 2.16. The lowest BCUT2D eigenvalue weighted by Crippen LogP contribution is -1.88. The Morgan fingerprint density at radius 1 is 0.682 bits per heavy atom. The Labute approximate surface area is 127 Å². The van der Waals surface area contributed by atoms with Gasteiger partial charge in [-0.1, -0.05) is 60.7 Å². The molecule has 5 rings (SSSR count). The van der Waals surface area contributed by atoms with Crippen molar-refractivity contribution in [3.05, 3.63) is 71.8 Å². The van der Waals surface area contributed by atoms with Crippen LogP contribution in [0.5, 0.6) is 11.5 Å². The van der Waals surface area contributed by atoms with Gasteiger partial charge < -0.3 is 9.72 Å². The summed E-state index contributed by atoms with van der Waals surface area (Å²) in [5.74, 6) is 1.79. The Kier molecular flexibility index (Phi) is 2.25. The maximum absolute atomic E-state index is 6.25. The Bertz CT molecular complexity index is 1060. The van der Waals surface area contributed by atoms with Crippen LogP contribution in [0.25, 0.3) is 34.0 Å². The summed E-state index contributed by atoms with van der Waals surface area (Å²) >= 11 is 0. The van der Waals surface area contributed by atoms with Crippen LogP contribution in [0.4, 0.5) is 0 Å². The quantitative estimate of drug-likeness (QED) is 0.393. The number of hydrogen-bond donors (Lipinski definition) is 1. The third-order valence-corrected chi connectivity index (χ3v) is 4.24. The van der Waals surface area contributed by atoms with Gasteiger partial charge in [-0.2, -0.15) is 0 Å². The highest BCUT2D eigenvalue weighted by Crippen LogP contribution is 2.40. The summed E-state index contributed by atoms with van der Waals surface area (Å²) in [7, 11) is 0. The topological polar surface area (TPSA) is 25.0 Å². The lowest BCUT2D eigenvalue weighted by atomic mass is 10.1. The second-order valence-corrected chi connectivity index (χ2v) is 5.55. The third-order valence-electron chi connectivity index (χ3n) is 4.24. The van der Waals surface area contributed by atoms with Crippen molar-refractivity contribution in [3.8, 4) is 11.5 Å². The summed E-state index contributed by atoms with van der Waals surface area (Å²) in [6, 6.07) is 20.8. The fourth-order valence-corrected chi connectivity index (χ4v) is 3.15. The normalized spacial score (nSPS) is 12.7. The lowest BCUT2D eigenvalue weighted by Gasteiger charge is -2.09. The molecule has 0 radical (unpaired) electrons. The summed E-state index contributed by atoms with van der Waals surface area (Å²) in [6.07, 6.45) is 4.22. The van der Waals surface area contributed by atoms with Crippen molar-refractivity contribution in [3.63, 3.8) is 0 Å². The van der Waals surface area contributed by atoms with Gasteiger partial charge in [0.15, 0.2) is 5.75 Å². The second kappa shape index (κ2) is 4.25. The first-order valence-corrected chi connectivity index (χ1v) is 7.38. The smallest absolute Gasteiger partial charge is 0.158 e. The van der Waals surface area contributed by atoms with Crippen LogP contribution in [-0.2, 0) is 0 Å². The maximum atomic E-state index is 6.25. The zero-order chi connectivity index (χ0) is 14.5. The van der Waals surface area contributed by atoms with Crippen LogP contribution < -0.4 is 4.74 Å². The minimum Gasteiger partial charge on any atom is -0.454 e. The first kappa shape index (κ1) is 11.6. The van der Waals surface area contributed by atoms with Gasteiger partial charge >= 0.3 is 0 Å². The summed E-state index contributed by atoms with van der Waals surface area (Å²) in [4.78, 5) is 3.51. The van der Waals surface area contributed by atoms with Gasteiger partial charge in [0.2, 0.25) is 0 Å². The van der Waals surface area contributed by atoms with E-state index in [4.69, 9.17) is 4.74 Å². The zero-order valence-corrected chi connectivity index (χ0v) is 11.8. The summed E-state index contributed by atoms with van der Waals surface area (Å²) in [5, 5.41) is 2.42. The van der Waals surface area contributed by atoms with Crippen LogP contribution in [0.2, 0.25) is 0 Å². The third kappa shape index (κ3) is 1.55. The molecular weight excluding hydrogens is 270 g/mol. The molecule has 2 heteroatoms. The predicted molar refractivity (Wildman–Crippen MR) is 91.2 cm³/mol. The van der Waals surface area contributed by atoms with E-state index < -0.39 is 0 Å². The van der Waals surface area contributed by atoms with Gasteiger partial charge in [0.1, 0.15) is 5.75 Å². The first-order chi connectivity index (χ1) is 10.9. The molecule has 1 aromatic heterocycles. The number of benzene rings is 3. The molecule has 0 fully saturated rings. The molecule has 2 nitrogen and oxygen atoms in total. The largest absolute Gasteiger partial charge is 0.454 e. The summed E-state index contributed by atoms with van der Waals surface area (Å²) in [6.45, 7) is 0. The van der Waals surface area contributed by atoms with Crippen LogP contribution in [0, 0.1) is 0 Å². The van der Waals surface area contributed by atoms with E-state index in [1.807, 2.05) is 24.3 Å². The number of ether oxygens (including phenoxy) is 1. The van der Waals surface area contributed by atoms with E-state index in [-0.39, 0.29) is 0 Å². The molecule has 0 unspecified atom stereocenters. The van der Waals surface area contributed by atoms with Gasteiger partial charge in [0.25, 0.3) is 0 Å². The molecule has 2 heterocycles. The van der Waals surface area contributed by atoms with Crippen LogP contribution >= 0.6 is 0 Å². The van der Waals surface area contributed by atoms with E-state index in [2.05, 4.69) is 53.5 Å². The molecule has 0 aliphatic carbocycles. The van der Waals surface area contributed by atoms with E-state index in [0.717, 1.165) is 33.7 Å². The number of fused-ring (bicyclic) bond motifs is 6. The summed E-state index contributed by atoms with van der Waals surface area (Å²) < 4.78 is 6.25. The molecule has 0 bridgehead atoms. The van der Waals surface area contributed by atoms with Gasteiger partial charge in [-0.25, -0.2) is 0 Å². The van der Waals surface area contributed by atoms with Gasteiger partial charge in [-0.3, -0.25) is 0 Å². The Hall–Kier alpha value is -3.00. The van der Waals surface area contributed by atoms with Gasteiger partial charge in [-0.15, -0.1) is 0 Å². The highest BCUT2D eigenvalue weighted by molar-refractivity contribution is 6.10. The van der Waals surface area contributed by atoms with Crippen molar-refractivity contribution in [2.75, 3.05) is 0 Å². The van der Waals surface area contributed by atoms with E-state index in [1.165, 1.54) is 10.8 Å². The molecule has 104 valence electrons. The number of para-hydroxylation sites is 2.